The van der Waals surface area contributed by atoms with Gasteiger partial charge >= 0.3 is 0 Å². The first-order valence-corrected chi connectivity index (χ1v) is 9.96. The summed E-state index contributed by atoms with van der Waals surface area (Å²) in [6.07, 6.45) is 1.81. The van der Waals surface area contributed by atoms with Crippen molar-refractivity contribution >= 4 is 29.1 Å². The van der Waals surface area contributed by atoms with E-state index in [1.54, 1.807) is 0 Å². The molecule has 0 saturated carbocycles. The highest BCUT2D eigenvalue weighted by molar-refractivity contribution is 6.31. The molecule has 0 aliphatic carbocycles. The zero-order valence-electron chi connectivity index (χ0n) is 16.3. The number of aryl methyl sites for hydroxylation is 1. The number of nitrogen functional groups attached to an aromatic ring is 2. The first kappa shape index (κ1) is 19.4. The zero-order valence-corrected chi connectivity index (χ0v) is 17.1. The SMILES string of the molecule is Cc1nc(N)nc(N)c1CN1CCN(c2cc(Cl)ccc2-c2ccccn2)CC1. The number of nitrogens with two attached hydrogens (primary N) is 2. The van der Waals surface area contributed by atoms with Crippen molar-refractivity contribution in [2.75, 3.05) is 42.5 Å². The fourth-order valence-electron chi connectivity index (χ4n) is 3.71. The molecular formula is C21H24ClN7. The van der Waals surface area contributed by atoms with Gasteiger partial charge in [-0.05, 0) is 37.3 Å². The quantitative estimate of drug-likeness (QED) is 0.683. The molecule has 29 heavy (non-hydrogen) atoms. The first-order chi connectivity index (χ1) is 14.0. The fourth-order valence-corrected chi connectivity index (χ4v) is 3.88. The minimum atomic E-state index is 0.219. The molecule has 0 atom stereocenters. The number of pyridine rings is 1. The van der Waals surface area contributed by atoms with Crippen molar-refractivity contribution in [1.82, 2.24) is 19.9 Å². The van der Waals surface area contributed by atoms with E-state index in [0.29, 0.717) is 12.4 Å². The standard InChI is InChI=1S/C21H24ClN7/c1-14-17(20(23)27-21(24)26-14)13-28-8-10-29(11-9-28)19-12-15(22)5-6-16(19)18-4-2-3-7-25-18/h2-7,12H,8-11,13H2,1H3,(H4,23,24,26,27). The van der Waals surface area contributed by atoms with E-state index >= 15 is 0 Å². The Balaban J connectivity index is 1.50. The molecule has 0 amide bonds. The van der Waals surface area contributed by atoms with Gasteiger partial charge in [0.05, 0.1) is 5.69 Å². The van der Waals surface area contributed by atoms with Crippen LogP contribution < -0.4 is 16.4 Å². The van der Waals surface area contributed by atoms with Crippen LogP contribution in [-0.4, -0.2) is 46.0 Å². The van der Waals surface area contributed by atoms with E-state index in [9.17, 15) is 0 Å². The molecule has 1 saturated heterocycles. The normalized spacial score (nSPS) is 14.9. The molecule has 8 heteroatoms. The third-order valence-corrected chi connectivity index (χ3v) is 5.49. The van der Waals surface area contributed by atoms with Crippen molar-refractivity contribution in [3.63, 3.8) is 0 Å². The lowest BCUT2D eigenvalue weighted by Crippen LogP contribution is -2.46. The lowest BCUT2D eigenvalue weighted by molar-refractivity contribution is 0.249. The molecule has 0 spiro atoms. The van der Waals surface area contributed by atoms with Crippen LogP contribution in [0.2, 0.25) is 5.02 Å². The summed E-state index contributed by atoms with van der Waals surface area (Å²) < 4.78 is 0. The zero-order chi connectivity index (χ0) is 20.4. The van der Waals surface area contributed by atoms with Crippen molar-refractivity contribution in [3.8, 4) is 11.3 Å². The first-order valence-electron chi connectivity index (χ1n) is 9.58. The van der Waals surface area contributed by atoms with Crippen LogP contribution in [-0.2, 0) is 6.54 Å². The Labute approximate surface area is 175 Å². The van der Waals surface area contributed by atoms with E-state index in [2.05, 4.69) is 24.8 Å². The van der Waals surface area contributed by atoms with E-state index < -0.39 is 0 Å². The molecule has 1 aliphatic heterocycles. The molecule has 0 unspecified atom stereocenters. The lowest BCUT2D eigenvalue weighted by Gasteiger charge is -2.37. The predicted molar refractivity (Wildman–Crippen MR) is 118 cm³/mol. The highest BCUT2D eigenvalue weighted by Crippen LogP contribution is 2.33. The van der Waals surface area contributed by atoms with Gasteiger partial charge in [-0.3, -0.25) is 9.88 Å². The smallest absolute Gasteiger partial charge is 0.222 e. The Bertz CT molecular complexity index is 978. The van der Waals surface area contributed by atoms with E-state index in [1.807, 2.05) is 49.5 Å². The summed E-state index contributed by atoms with van der Waals surface area (Å²) in [5, 5.41) is 0.726. The Morgan fingerprint density at radius 3 is 2.52 bits per heavy atom. The van der Waals surface area contributed by atoms with E-state index in [0.717, 1.165) is 59.4 Å². The van der Waals surface area contributed by atoms with Crippen molar-refractivity contribution in [2.45, 2.75) is 13.5 Å². The monoisotopic (exact) mass is 409 g/mol. The summed E-state index contributed by atoms with van der Waals surface area (Å²) >= 11 is 6.31. The number of hydrogen-bond donors (Lipinski definition) is 2. The van der Waals surface area contributed by atoms with Gasteiger partial charge in [0, 0.05) is 66.5 Å². The van der Waals surface area contributed by atoms with Crippen molar-refractivity contribution in [2.24, 2.45) is 0 Å². The van der Waals surface area contributed by atoms with Gasteiger partial charge in [-0.1, -0.05) is 17.7 Å². The van der Waals surface area contributed by atoms with Gasteiger partial charge in [-0.15, -0.1) is 0 Å². The van der Waals surface area contributed by atoms with Gasteiger partial charge in [0.2, 0.25) is 5.95 Å². The summed E-state index contributed by atoms with van der Waals surface area (Å²) in [7, 11) is 0. The molecule has 4 rings (SSSR count). The van der Waals surface area contributed by atoms with Gasteiger partial charge in [-0.2, -0.15) is 4.98 Å². The molecule has 1 fully saturated rings. The van der Waals surface area contributed by atoms with Crippen molar-refractivity contribution < 1.29 is 0 Å². The average Bonchev–Trinajstić information content (AvgIpc) is 2.72. The molecular weight excluding hydrogens is 386 g/mol. The number of nitrogens with zero attached hydrogens (tertiary/aromatic N) is 5. The van der Waals surface area contributed by atoms with Gasteiger partial charge in [-0.25, -0.2) is 4.98 Å². The molecule has 0 radical (unpaired) electrons. The molecule has 150 valence electrons. The second-order valence-corrected chi connectivity index (χ2v) is 7.61. The maximum Gasteiger partial charge on any atom is 0.222 e. The van der Waals surface area contributed by atoms with Crippen LogP contribution in [0.15, 0.2) is 42.6 Å². The maximum atomic E-state index is 6.31. The van der Waals surface area contributed by atoms with Crippen LogP contribution in [0, 0.1) is 6.92 Å². The second kappa shape index (κ2) is 8.23. The average molecular weight is 410 g/mol. The number of rotatable bonds is 4. The molecule has 4 N–H and O–H groups in total. The molecule has 3 heterocycles. The number of benzene rings is 1. The van der Waals surface area contributed by atoms with E-state index in [-0.39, 0.29) is 5.95 Å². The van der Waals surface area contributed by atoms with Gasteiger partial charge in [0.15, 0.2) is 0 Å². The summed E-state index contributed by atoms with van der Waals surface area (Å²) in [6.45, 7) is 6.21. The van der Waals surface area contributed by atoms with Gasteiger partial charge in [0.25, 0.3) is 0 Å². The number of aromatic nitrogens is 3. The van der Waals surface area contributed by atoms with Crippen molar-refractivity contribution in [3.05, 3.63) is 58.9 Å². The van der Waals surface area contributed by atoms with Crippen LogP contribution in [0.4, 0.5) is 17.5 Å². The summed E-state index contributed by atoms with van der Waals surface area (Å²) in [4.78, 5) is 17.6. The third kappa shape index (κ3) is 4.26. The number of piperazine rings is 1. The fraction of sp³-hybridized carbons (Fsp3) is 0.286. The molecule has 3 aromatic rings. The highest BCUT2D eigenvalue weighted by Gasteiger charge is 2.22. The number of hydrogen-bond acceptors (Lipinski definition) is 7. The Morgan fingerprint density at radius 2 is 1.83 bits per heavy atom. The van der Waals surface area contributed by atoms with Crippen LogP contribution in [0.5, 0.6) is 0 Å². The highest BCUT2D eigenvalue weighted by atomic mass is 35.5. The van der Waals surface area contributed by atoms with Crippen LogP contribution >= 0.6 is 11.6 Å². The second-order valence-electron chi connectivity index (χ2n) is 7.17. The van der Waals surface area contributed by atoms with Crippen LogP contribution in [0.25, 0.3) is 11.3 Å². The Kier molecular flexibility index (Phi) is 5.51. The largest absolute Gasteiger partial charge is 0.383 e. The molecule has 1 aliphatic rings. The third-order valence-electron chi connectivity index (χ3n) is 5.26. The minimum absolute atomic E-state index is 0.219. The van der Waals surface area contributed by atoms with Crippen LogP contribution in [0.3, 0.4) is 0 Å². The lowest BCUT2D eigenvalue weighted by atomic mass is 10.1. The minimum Gasteiger partial charge on any atom is -0.383 e. The Hall–Kier alpha value is -2.90. The predicted octanol–water partition coefficient (Wildman–Crippen LogP) is 2.99. The molecule has 1 aromatic carbocycles. The molecule has 7 nitrogen and oxygen atoms in total. The number of halogens is 1. The summed E-state index contributed by atoms with van der Waals surface area (Å²) in [5.41, 5.74) is 16.7. The molecule has 0 bridgehead atoms. The van der Waals surface area contributed by atoms with E-state index in [1.165, 1.54) is 0 Å². The Morgan fingerprint density at radius 1 is 1.03 bits per heavy atom. The topological polar surface area (TPSA) is 97.2 Å². The van der Waals surface area contributed by atoms with Crippen LogP contribution in [0.1, 0.15) is 11.3 Å². The van der Waals surface area contributed by atoms with E-state index in [4.69, 9.17) is 23.1 Å². The van der Waals surface area contributed by atoms with Crippen molar-refractivity contribution in [1.29, 1.82) is 0 Å². The number of anilines is 3. The summed E-state index contributed by atoms with van der Waals surface area (Å²) in [6, 6.07) is 11.9. The summed E-state index contributed by atoms with van der Waals surface area (Å²) in [5.74, 6) is 0.682. The maximum absolute atomic E-state index is 6.31. The molecule has 2 aromatic heterocycles. The van der Waals surface area contributed by atoms with Gasteiger partial charge in [0.1, 0.15) is 5.82 Å². The van der Waals surface area contributed by atoms with Gasteiger partial charge < -0.3 is 16.4 Å².